The summed E-state index contributed by atoms with van der Waals surface area (Å²) in [5, 5.41) is 10.2. The average molecular weight is 1240 g/mol. The molecule has 1 atom stereocenters. The molecule has 0 aliphatic carbocycles. The van der Waals surface area contributed by atoms with Crippen LogP contribution in [-0.4, -0.2) is 145 Å². The number of aliphatic hydroxyl groups excluding tert-OH is 1. The van der Waals surface area contributed by atoms with E-state index in [1.54, 1.807) is 0 Å². The Morgan fingerprint density at radius 1 is 0.344 bits per heavy atom. The molecule has 8 heteroatoms. The summed E-state index contributed by atoms with van der Waals surface area (Å²) in [7, 11) is 0. The summed E-state index contributed by atoms with van der Waals surface area (Å²) in [6.07, 6.45) is 14.5. The number of aliphatic hydroxyl groups is 1. The van der Waals surface area contributed by atoms with Gasteiger partial charge in [-0.1, -0.05) is 173 Å². The molecule has 5 aliphatic heterocycles. The van der Waals surface area contributed by atoms with Gasteiger partial charge in [-0.2, -0.15) is 0 Å². The third-order valence-corrected chi connectivity index (χ3v) is 19.6. The number of nitrogens with zero attached hydrogens (tertiary/aromatic N) is 5. The van der Waals surface area contributed by atoms with Crippen molar-refractivity contribution in [3.8, 4) is 0 Å². The van der Waals surface area contributed by atoms with E-state index in [1.165, 1.54) is 169 Å². The second kappa shape index (κ2) is 44.4. The van der Waals surface area contributed by atoms with Crippen LogP contribution >= 0.6 is 0 Å². The number of likely N-dealkylation sites (tertiary alicyclic amines) is 5. The maximum atomic E-state index is 10.2. The molecule has 0 saturated carbocycles. The molecule has 5 saturated heterocycles. The molecule has 1 N–H and O–H groups in total. The number of rotatable bonds is 19. The molecule has 0 amide bonds. The highest BCUT2D eigenvalue weighted by molar-refractivity contribution is 5.25. The summed E-state index contributed by atoms with van der Waals surface area (Å²) in [4.78, 5) is 12.8. The molecule has 5 heterocycles. The number of ether oxygens (including phenoxy) is 2. The third kappa shape index (κ3) is 30.2. The third-order valence-electron chi connectivity index (χ3n) is 19.6. The van der Waals surface area contributed by atoms with Crippen LogP contribution in [0.1, 0.15) is 213 Å². The van der Waals surface area contributed by atoms with Gasteiger partial charge in [0.2, 0.25) is 0 Å². The molecule has 5 aromatic carbocycles. The van der Waals surface area contributed by atoms with E-state index in [0.29, 0.717) is 36.1 Å². The smallest absolute Gasteiger partial charge is 0.0717 e. The quantitative estimate of drug-likeness (QED) is 0.0878. The lowest BCUT2D eigenvalue weighted by molar-refractivity contribution is 0.0513. The van der Waals surface area contributed by atoms with Crippen molar-refractivity contribution in [2.24, 2.45) is 17.8 Å². The van der Waals surface area contributed by atoms with Crippen LogP contribution in [0.5, 0.6) is 0 Å². The van der Waals surface area contributed by atoms with Crippen LogP contribution in [0.15, 0.2) is 140 Å². The molecular weight excluding hydrogens is 1100 g/mol. The summed E-state index contributed by atoms with van der Waals surface area (Å²) in [5.74, 6) is 3.79. The van der Waals surface area contributed by atoms with Gasteiger partial charge in [-0.25, -0.2) is 0 Å². The zero-order valence-corrected chi connectivity index (χ0v) is 57.0. The van der Waals surface area contributed by atoms with Gasteiger partial charge in [0.25, 0.3) is 0 Å². The zero-order valence-electron chi connectivity index (χ0n) is 57.0. The van der Waals surface area contributed by atoms with Crippen LogP contribution in [0.2, 0.25) is 0 Å². The van der Waals surface area contributed by atoms with E-state index in [1.807, 2.05) is 24.3 Å². The van der Waals surface area contributed by atoms with Crippen LogP contribution < -0.4 is 0 Å². The predicted octanol–water partition coefficient (Wildman–Crippen LogP) is 18.8. The number of piperidine rings is 5. The number of hydrogen-bond donors (Lipinski definition) is 1. The van der Waals surface area contributed by atoms with Gasteiger partial charge >= 0.3 is 0 Å². The Hall–Kier alpha value is -4.22. The Morgan fingerprint density at radius 3 is 0.967 bits per heavy atom. The Labute approximate surface area is 554 Å². The van der Waals surface area contributed by atoms with Gasteiger partial charge < -0.3 is 39.1 Å². The van der Waals surface area contributed by atoms with E-state index >= 15 is 0 Å². The van der Waals surface area contributed by atoms with E-state index in [4.69, 9.17) is 9.47 Å². The fraction of sp³-hybridized carbons (Fsp3) is 0.634. The van der Waals surface area contributed by atoms with Crippen LogP contribution in [-0.2, 0) is 29.1 Å². The van der Waals surface area contributed by atoms with Crippen molar-refractivity contribution in [1.29, 1.82) is 0 Å². The summed E-state index contributed by atoms with van der Waals surface area (Å²) in [6.45, 7) is 42.8. The lowest BCUT2D eigenvalue weighted by Gasteiger charge is -2.35. The van der Waals surface area contributed by atoms with E-state index in [-0.39, 0.29) is 28.4 Å². The molecule has 5 fully saturated rings. The lowest BCUT2D eigenvalue weighted by atomic mass is 9.88. The highest BCUT2D eigenvalue weighted by Crippen LogP contribution is 2.31. The normalized spacial score (nSPS) is 18.4. The van der Waals surface area contributed by atoms with Crippen molar-refractivity contribution in [3.05, 3.63) is 178 Å². The van der Waals surface area contributed by atoms with Crippen LogP contribution in [0.25, 0.3) is 0 Å². The molecule has 0 radical (unpaired) electrons. The van der Waals surface area contributed by atoms with Gasteiger partial charge in [0.05, 0.1) is 19.3 Å². The van der Waals surface area contributed by atoms with E-state index in [9.17, 15) is 5.11 Å². The minimum Gasteiger partial charge on any atom is -0.393 e. The standard InChI is InChI=1S/2C17H27NO.C16H25NO.C15H23N.C14H21N.3CH4/c1-14(2)18-10-8-17(9-11-18)13-19-12-16-6-4-15(3)5-7-16;1-14(2)18-10-8-16(9-11-18)13-17(19)12-15-6-4-3-5-7-15;1-14(2)17-10-8-16(9-11-17)13-18-12-15-6-4-3-5-7-15;1-12(2)16-10-8-15(9-11-16)14-6-4-13(3)5-7-14;1-12(2)15-10-8-14(9-11-15)13-6-4-3-5-7-13;;;/h4-7,14,17H,8-13H2,1-3H3;3-7,14,16-17,19H,8-13H2,1-2H3;3-7,14,16H,8-13H2,1-2H3;4-7,12,15H,8-11H2,1-3H3;3-7,12,14H,8-11H2,1-2H3;3*1H4. The number of benzene rings is 5. The van der Waals surface area contributed by atoms with E-state index in [2.05, 4.69) is 223 Å². The van der Waals surface area contributed by atoms with Crippen molar-refractivity contribution >= 4 is 0 Å². The van der Waals surface area contributed by atoms with Gasteiger partial charge in [-0.05, 0) is 283 Å². The largest absolute Gasteiger partial charge is 0.393 e. The van der Waals surface area contributed by atoms with Gasteiger partial charge in [-0.15, -0.1) is 0 Å². The van der Waals surface area contributed by atoms with E-state index in [0.717, 1.165) is 62.9 Å². The lowest BCUT2D eigenvalue weighted by Crippen LogP contribution is -2.39. The van der Waals surface area contributed by atoms with E-state index < -0.39 is 0 Å². The highest BCUT2D eigenvalue weighted by Gasteiger charge is 2.26. The Balaban J connectivity index is 0.000000292. The Morgan fingerprint density at radius 2 is 0.622 bits per heavy atom. The first-order valence-electron chi connectivity index (χ1n) is 34.8. The molecule has 0 bridgehead atoms. The molecule has 506 valence electrons. The average Bonchev–Trinajstić information content (AvgIpc) is 3.74. The summed E-state index contributed by atoms with van der Waals surface area (Å²) in [6, 6.07) is 52.9. The predicted molar refractivity (Wildman–Crippen MR) is 391 cm³/mol. The van der Waals surface area contributed by atoms with Crippen LogP contribution in [0.3, 0.4) is 0 Å². The summed E-state index contributed by atoms with van der Waals surface area (Å²) >= 11 is 0. The van der Waals surface area contributed by atoms with Crippen molar-refractivity contribution in [2.45, 2.75) is 244 Å². The zero-order chi connectivity index (χ0) is 62.3. The number of hydrogen-bond acceptors (Lipinski definition) is 8. The minimum atomic E-state index is -0.182. The molecule has 0 aromatic heterocycles. The number of aryl methyl sites for hydroxylation is 2. The highest BCUT2D eigenvalue weighted by atomic mass is 16.5. The van der Waals surface area contributed by atoms with Crippen LogP contribution in [0, 0.1) is 31.6 Å². The second-order valence-electron chi connectivity index (χ2n) is 27.9. The Bertz CT molecular complexity index is 2470. The van der Waals surface area contributed by atoms with Gasteiger partial charge in [0.1, 0.15) is 0 Å². The second-order valence-corrected chi connectivity index (χ2v) is 27.9. The molecule has 1 unspecified atom stereocenters. The molecule has 5 aliphatic rings. The van der Waals surface area contributed by atoms with Crippen LogP contribution in [0.4, 0.5) is 0 Å². The van der Waals surface area contributed by atoms with Gasteiger partial charge in [0.15, 0.2) is 0 Å². The molecule has 10 rings (SSSR count). The fourth-order valence-corrected chi connectivity index (χ4v) is 13.3. The van der Waals surface area contributed by atoms with Crippen molar-refractivity contribution < 1.29 is 14.6 Å². The SMILES string of the molecule is C.C.C.CC(C)N1CCC(CC(O)Cc2ccccc2)CC1.CC(C)N1CCC(COCc2ccccc2)CC1.CC(C)N1CCC(c2ccccc2)CC1.Cc1ccc(C2CCN(C(C)C)CC2)cc1.Cc1ccc(COCC2CCN(C(C)C)CC2)cc1. The first-order valence-corrected chi connectivity index (χ1v) is 34.8. The summed E-state index contributed by atoms with van der Waals surface area (Å²) in [5.41, 5.74) is 9.54. The molecular formula is C82H135N5O3. The first kappa shape index (κ1) is 80.0. The summed E-state index contributed by atoms with van der Waals surface area (Å²) < 4.78 is 11.7. The van der Waals surface area contributed by atoms with Gasteiger partial charge in [0, 0.05) is 43.4 Å². The topological polar surface area (TPSA) is 54.9 Å². The maximum absolute atomic E-state index is 10.2. The maximum Gasteiger partial charge on any atom is 0.0717 e. The molecule has 5 aromatic rings. The van der Waals surface area contributed by atoms with Crippen molar-refractivity contribution in [2.75, 3.05) is 78.7 Å². The molecule has 0 spiro atoms. The molecule has 8 nitrogen and oxygen atoms in total. The first-order chi connectivity index (χ1) is 42.0. The molecule has 90 heavy (non-hydrogen) atoms. The Kier molecular flexibility index (Phi) is 39.5. The minimum absolute atomic E-state index is 0. The fourth-order valence-electron chi connectivity index (χ4n) is 13.3. The van der Waals surface area contributed by atoms with Crippen molar-refractivity contribution in [3.63, 3.8) is 0 Å². The monoisotopic (exact) mass is 1240 g/mol. The van der Waals surface area contributed by atoms with Gasteiger partial charge in [-0.3, -0.25) is 0 Å². The van der Waals surface area contributed by atoms with Crippen molar-refractivity contribution in [1.82, 2.24) is 24.5 Å².